The summed E-state index contributed by atoms with van der Waals surface area (Å²) in [6.45, 7) is 3.34. The van der Waals surface area contributed by atoms with Crippen molar-refractivity contribution in [2.75, 3.05) is 25.1 Å². The van der Waals surface area contributed by atoms with Crippen LogP contribution in [-0.4, -0.2) is 46.1 Å². The first-order valence-electron chi connectivity index (χ1n) is 6.86. The van der Waals surface area contributed by atoms with E-state index in [1.165, 1.54) is 7.11 Å². The monoisotopic (exact) mass is 291 g/mol. The molecule has 3 rings (SSSR count). The first-order chi connectivity index (χ1) is 10.2. The third-order valence-electron chi connectivity index (χ3n) is 3.66. The summed E-state index contributed by atoms with van der Waals surface area (Å²) in [4.78, 5) is 13.8. The summed E-state index contributed by atoms with van der Waals surface area (Å²) in [5.41, 5.74) is 0.490. The fraction of sp³-hybridized carbons (Fsp3) is 0.538. The number of hydrogen-bond donors (Lipinski definition) is 0. The van der Waals surface area contributed by atoms with Gasteiger partial charge in [0, 0.05) is 26.2 Å². The summed E-state index contributed by atoms with van der Waals surface area (Å²) < 4.78 is 12.0. The molecule has 0 atom stereocenters. The molecule has 0 spiro atoms. The number of esters is 1. The molecule has 1 fully saturated rings. The molecule has 0 amide bonds. The average Bonchev–Trinajstić information content (AvgIpc) is 3.15. The van der Waals surface area contributed by atoms with E-state index in [1.54, 1.807) is 23.9 Å². The second-order valence-corrected chi connectivity index (χ2v) is 4.97. The Morgan fingerprint density at radius 1 is 1.38 bits per heavy atom. The van der Waals surface area contributed by atoms with Gasteiger partial charge in [0.2, 0.25) is 5.89 Å². The zero-order valence-corrected chi connectivity index (χ0v) is 12.0. The molecule has 8 heteroatoms. The van der Waals surface area contributed by atoms with Gasteiger partial charge in [-0.2, -0.15) is 5.10 Å². The number of anilines is 1. The van der Waals surface area contributed by atoms with E-state index in [9.17, 15) is 4.79 Å². The van der Waals surface area contributed by atoms with Crippen LogP contribution in [0, 0.1) is 6.92 Å². The summed E-state index contributed by atoms with van der Waals surface area (Å²) in [7, 11) is 1.38. The van der Waals surface area contributed by atoms with Crippen LogP contribution in [0.3, 0.4) is 0 Å². The van der Waals surface area contributed by atoms with Gasteiger partial charge in [-0.15, -0.1) is 5.10 Å². The van der Waals surface area contributed by atoms with Gasteiger partial charge in [-0.1, -0.05) is 5.10 Å². The topological polar surface area (TPSA) is 86.3 Å². The minimum Gasteiger partial charge on any atom is -0.464 e. The zero-order chi connectivity index (χ0) is 14.8. The van der Waals surface area contributed by atoms with Crippen molar-refractivity contribution in [2.45, 2.75) is 25.8 Å². The number of rotatable bonds is 3. The molecule has 2 aromatic rings. The fourth-order valence-electron chi connectivity index (χ4n) is 2.59. The Morgan fingerprint density at radius 2 is 2.14 bits per heavy atom. The highest BCUT2D eigenvalue weighted by atomic mass is 16.5. The quantitative estimate of drug-likeness (QED) is 0.785. The van der Waals surface area contributed by atoms with E-state index < -0.39 is 0 Å². The Morgan fingerprint density at radius 3 is 2.76 bits per heavy atom. The number of aromatic nitrogens is 4. The lowest BCUT2D eigenvalue weighted by Gasteiger charge is -2.31. The van der Waals surface area contributed by atoms with Gasteiger partial charge in [0.1, 0.15) is 5.69 Å². The highest BCUT2D eigenvalue weighted by Crippen LogP contribution is 2.26. The van der Waals surface area contributed by atoms with Crippen molar-refractivity contribution in [3.63, 3.8) is 0 Å². The van der Waals surface area contributed by atoms with Gasteiger partial charge in [0.15, 0.2) is 0 Å². The normalized spacial score (nSPS) is 16.2. The van der Waals surface area contributed by atoms with E-state index in [0.29, 0.717) is 17.6 Å². The number of piperidine rings is 1. The lowest BCUT2D eigenvalue weighted by atomic mass is 10.1. The van der Waals surface area contributed by atoms with Crippen molar-refractivity contribution >= 4 is 12.0 Å². The Labute approximate surface area is 121 Å². The van der Waals surface area contributed by atoms with Crippen LogP contribution in [0.5, 0.6) is 0 Å². The van der Waals surface area contributed by atoms with Crippen molar-refractivity contribution in [3.8, 4) is 0 Å². The van der Waals surface area contributed by atoms with Gasteiger partial charge in [0.25, 0.3) is 0 Å². The lowest BCUT2D eigenvalue weighted by molar-refractivity contribution is 0.0582. The lowest BCUT2D eigenvalue weighted by Crippen LogP contribution is -2.35. The van der Waals surface area contributed by atoms with E-state index in [4.69, 9.17) is 9.15 Å². The third kappa shape index (κ3) is 2.61. The van der Waals surface area contributed by atoms with Crippen LogP contribution < -0.4 is 4.90 Å². The van der Waals surface area contributed by atoms with Crippen LogP contribution in [-0.2, 0) is 4.74 Å². The standard InChI is InChI=1S/C13H17N5O3/c1-9-15-16-13(21-9)17-7-4-10(5-8-17)18-11(3-6-14-18)12(19)20-2/h3,6,10H,4-5,7-8H2,1-2H3. The molecule has 0 bridgehead atoms. The summed E-state index contributed by atoms with van der Waals surface area (Å²) in [6.07, 6.45) is 3.33. The highest BCUT2D eigenvalue weighted by molar-refractivity contribution is 5.87. The Bertz CT molecular complexity index is 627. The predicted molar refractivity (Wildman–Crippen MR) is 73.1 cm³/mol. The molecule has 1 aliphatic heterocycles. The van der Waals surface area contributed by atoms with Crippen molar-refractivity contribution < 1.29 is 13.9 Å². The molecular formula is C13H17N5O3. The molecule has 112 valence electrons. The van der Waals surface area contributed by atoms with Crippen molar-refractivity contribution in [1.29, 1.82) is 0 Å². The van der Waals surface area contributed by atoms with Crippen LogP contribution in [0.25, 0.3) is 0 Å². The number of carbonyl (C=O) groups is 1. The van der Waals surface area contributed by atoms with Crippen LogP contribution in [0.15, 0.2) is 16.7 Å². The minimum absolute atomic E-state index is 0.175. The maximum absolute atomic E-state index is 11.7. The van der Waals surface area contributed by atoms with Crippen molar-refractivity contribution in [3.05, 3.63) is 23.8 Å². The molecule has 8 nitrogen and oxygen atoms in total. The molecule has 1 saturated heterocycles. The van der Waals surface area contributed by atoms with Crippen molar-refractivity contribution in [2.24, 2.45) is 0 Å². The summed E-state index contributed by atoms with van der Waals surface area (Å²) in [5, 5.41) is 12.1. The molecule has 0 N–H and O–H groups in total. The molecule has 0 aliphatic carbocycles. The van der Waals surface area contributed by atoms with Crippen molar-refractivity contribution in [1.82, 2.24) is 20.0 Å². The first-order valence-corrected chi connectivity index (χ1v) is 6.86. The van der Waals surface area contributed by atoms with Gasteiger partial charge in [-0.25, -0.2) is 4.79 Å². The second-order valence-electron chi connectivity index (χ2n) is 4.97. The number of aryl methyl sites for hydroxylation is 1. The van der Waals surface area contributed by atoms with E-state index in [-0.39, 0.29) is 12.0 Å². The van der Waals surface area contributed by atoms with Gasteiger partial charge < -0.3 is 14.1 Å². The van der Waals surface area contributed by atoms with E-state index in [1.807, 2.05) is 0 Å². The maximum atomic E-state index is 11.7. The Kier molecular flexibility index (Phi) is 3.59. The fourth-order valence-corrected chi connectivity index (χ4v) is 2.59. The van der Waals surface area contributed by atoms with Gasteiger partial charge in [-0.05, 0) is 18.9 Å². The van der Waals surface area contributed by atoms with Gasteiger partial charge in [-0.3, -0.25) is 4.68 Å². The van der Waals surface area contributed by atoms with E-state index >= 15 is 0 Å². The van der Waals surface area contributed by atoms with Gasteiger partial charge >= 0.3 is 12.0 Å². The molecule has 0 aromatic carbocycles. The summed E-state index contributed by atoms with van der Waals surface area (Å²) >= 11 is 0. The van der Waals surface area contributed by atoms with Gasteiger partial charge in [0.05, 0.1) is 13.2 Å². The predicted octanol–water partition coefficient (Wildman–Crippen LogP) is 1.20. The molecule has 1 aliphatic rings. The van der Waals surface area contributed by atoms with Crippen LogP contribution in [0.2, 0.25) is 0 Å². The van der Waals surface area contributed by atoms with Crippen LogP contribution in [0.1, 0.15) is 35.3 Å². The number of carbonyl (C=O) groups excluding carboxylic acids is 1. The van der Waals surface area contributed by atoms with Crippen LogP contribution >= 0.6 is 0 Å². The SMILES string of the molecule is COC(=O)c1ccnn1C1CCN(c2nnc(C)o2)CC1. The van der Waals surface area contributed by atoms with Crippen LogP contribution in [0.4, 0.5) is 6.01 Å². The number of ether oxygens (including phenoxy) is 1. The summed E-state index contributed by atoms with van der Waals surface area (Å²) in [5.74, 6) is 0.203. The minimum atomic E-state index is -0.359. The smallest absolute Gasteiger partial charge is 0.356 e. The maximum Gasteiger partial charge on any atom is 0.356 e. The third-order valence-corrected chi connectivity index (χ3v) is 3.66. The molecule has 0 unspecified atom stereocenters. The number of hydrogen-bond acceptors (Lipinski definition) is 7. The first kappa shape index (κ1) is 13.6. The largest absolute Gasteiger partial charge is 0.464 e. The molecule has 0 saturated carbocycles. The molecule has 21 heavy (non-hydrogen) atoms. The molecule has 0 radical (unpaired) electrons. The molecule has 2 aromatic heterocycles. The number of methoxy groups -OCH3 is 1. The van der Waals surface area contributed by atoms with E-state index in [0.717, 1.165) is 25.9 Å². The Balaban J connectivity index is 1.69. The molecular weight excluding hydrogens is 274 g/mol. The summed E-state index contributed by atoms with van der Waals surface area (Å²) in [6, 6.07) is 2.41. The average molecular weight is 291 g/mol. The second kappa shape index (κ2) is 5.55. The highest BCUT2D eigenvalue weighted by Gasteiger charge is 2.26. The van der Waals surface area contributed by atoms with E-state index in [2.05, 4.69) is 20.2 Å². The number of nitrogens with zero attached hydrogens (tertiary/aromatic N) is 5. The molecule has 3 heterocycles. The Hall–Kier alpha value is -2.38. The zero-order valence-electron chi connectivity index (χ0n) is 12.0.